The molecule has 0 fully saturated rings. The maximum Gasteiger partial charge on any atom is 0.338 e. The van der Waals surface area contributed by atoms with Crippen molar-refractivity contribution in [2.45, 2.75) is 11.3 Å². The predicted octanol–water partition coefficient (Wildman–Crippen LogP) is 2.38. The highest BCUT2D eigenvalue weighted by Gasteiger charge is 2.21. The van der Waals surface area contributed by atoms with Gasteiger partial charge in [0.15, 0.2) is 0 Å². The largest absolute Gasteiger partial charge is 0.495 e. The molecule has 0 spiro atoms. The van der Waals surface area contributed by atoms with E-state index in [0.717, 1.165) is 0 Å². The SMILES string of the molecule is COCCNS(=O)(=O)c1cc(C(=O)OCCCOc2ccc(F)cc2)ccc1OC. The lowest BCUT2D eigenvalue weighted by Gasteiger charge is -2.12. The molecule has 2 aromatic rings. The van der Waals surface area contributed by atoms with Crippen LogP contribution in [0.1, 0.15) is 16.8 Å². The fourth-order valence-corrected chi connectivity index (χ4v) is 3.60. The number of methoxy groups -OCH3 is 2. The normalized spacial score (nSPS) is 11.2. The number of halogens is 1. The van der Waals surface area contributed by atoms with Crippen LogP contribution in [0.5, 0.6) is 11.5 Å². The molecule has 0 aliphatic rings. The zero-order valence-electron chi connectivity index (χ0n) is 16.7. The van der Waals surface area contributed by atoms with Gasteiger partial charge >= 0.3 is 5.97 Å². The Labute approximate surface area is 174 Å². The van der Waals surface area contributed by atoms with E-state index in [1.807, 2.05) is 0 Å². The van der Waals surface area contributed by atoms with Crippen LogP contribution in [0.3, 0.4) is 0 Å². The van der Waals surface area contributed by atoms with Crippen molar-refractivity contribution in [1.29, 1.82) is 0 Å². The van der Waals surface area contributed by atoms with Crippen LogP contribution in [0, 0.1) is 5.82 Å². The number of esters is 1. The number of benzene rings is 2. The Morgan fingerprint density at radius 1 is 1.03 bits per heavy atom. The van der Waals surface area contributed by atoms with Crippen LogP contribution in [0.15, 0.2) is 47.4 Å². The van der Waals surface area contributed by atoms with Crippen molar-refractivity contribution in [2.24, 2.45) is 0 Å². The third-order valence-electron chi connectivity index (χ3n) is 3.89. The van der Waals surface area contributed by atoms with Gasteiger partial charge in [-0.1, -0.05) is 0 Å². The number of sulfonamides is 1. The van der Waals surface area contributed by atoms with Gasteiger partial charge in [-0.2, -0.15) is 0 Å². The van der Waals surface area contributed by atoms with E-state index in [2.05, 4.69) is 4.72 Å². The topological polar surface area (TPSA) is 100 Å². The van der Waals surface area contributed by atoms with E-state index in [1.165, 1.54) is 56.7 Å². The second kappa shape index (κ2) is 11.5. The van der Waals surface area contributed by atoms with E-state index < -0.39 is 16.0 Å². The molecule has 2 rings (SSSR count). The Bertz CT molecular complexity index is 933. The highest BCUT2D eigenvalue weighted by atomic mass is 32.2. The summed E-state index contributed by atoms with van der Waals surface area (Å²) in [6.45, 7) is 0.610. The minimum absolute atomic E-state index is 0.0697. The fourth-order valence-electron chi connectivity index (χ4n) is 2.40. The lowest BCUT2D eigenvalue weighted by molar-refractivity contribution is 0.0485. The molecule has 0 saturated carbocycles. The molecule has 0 saturated heterocycles. The van der Waals surface area contributed by atoms with Crippen molar-refractivity contribution >= 4 is 16.0 Å². The average molecular weight is 441 g/mol. The Kier molecular flexibility index (Phi) is 9.03. The number of carbonyl (C=O) groups excluding carboxylic acids is 1. The average Bonchev–Trinajstić information content (AvgIpc) is 2.74. The van der Waals surface area contributed by atoms with Gasteiger partial charge in [0.05, 0.1) is 32.5 Å². The third-order valence-corrected chi connectivity index (χ3v) is 5.37. The maximum absolute atomic E-state index is 12.8. The molecule has 0 aliphatic heterocycles. The summed E-state index contributed by atoms with van der Waals surface area (Å²) >= 11 is 0. The number of nitrogens with one attached hydrogen (secondary N) is 1. The van der Waals surface area contributed by atoms with Gasteiger partial charge in [-0.15, -0.1) is 0 Å². The first-order valence-electron chi connectivity index (χ1n) is 9.09. The van der Waals surface area contributed by atoms with Crippen LogP contribution in [0.4, 0.5) is 4.39 Å². The lowest BCUT2D eigenvalue weighted by Crippen LogP contribution is -2.27. The molecule has 10 heteroatoms. The van der Waals surface area contributed by atoms with Crippen molar-refractivity contribution in [3.63, 3.8) is 0 Å². The highest BCUT2D eigenvalue weighted by molar-refractivity contribution is 7.89. The van der Waals surface area contributed by atoms with Crippen LogP contribution in [-0.2, 0) is 19.5 Å². The fraction of sp³-hybridized carbons (Fsp3) is 0.350. The van der Waals surface area contributed by atoms with Crippen molar-refractivity contribution in [3.05, 3.63) is 53.8 Å². The molecule has 8 nitrogen and oxygen atoms in total. The molecule has 0 amide bonds. The third kappa shape index (κ3) is 6.97. The van der Waals surface area contributed by atoms with E-state index in [9.17, 15) is 17.6 Å². The first kappa shape index (κ1) is 23.6. The first-order chi connectivity index (χ1) is 14.4. The van der Waals surface area contributed by atoms with E-state index in [4.69, 9.17) is 18.9 Å². The molecular formula is C20H24FNO7S. The number of hydrogen-bond donors (Lipinski definition) is 1. The second-order valence-electron chi connectivity index (χ2n) is 6.05. The molecule has 0 atom stereocenters. The van der Waals surface area contributed by atoms with Crippen molar-refractivity contribution in [3.8, 4) is 11.5 Å². The maximum atomic E-state index is 12.8. The lowest BCUT2D eigenvalue weighted by atomic mass is 10.2. The smallest absolute Gasteiger partial charge is 0.338 e. The summed E-state index contributed by atoms with van der Waals surface area (Å²) in [4.78, 5) is 12.1. The molecule has 30 heavy (non-hydrogen) atoms. The zero-order valence-corrected chi connectivity index (χ0v) is 17.5. The van der Waals surface area contributed by atoms with Gasteiger partial charge in [0.25, 0.3) is 0 Å². The van der Waals surface area contributed by atoms with Gasteiger partial charge in [0.2, 0.25) is 10.0 Å². The zero-order chi connectivity index (χ0) is 22.0. The molecule has 0 bridgehead atoms. The van der Waals surface area contributed by atoms with Gasteiger partial charge in [0.1, 0.15) is 22.2 Å². The molecule has 164 valence electrons. The number of carbonyl (C=O) groups is 1. The summed E-state index contributed by atoms with van der Waals surface area (Å²) in [6.07, 6.45) is 0.406. The summed E-state index contributed by atoms with van der Waals surface area (Å²) in [5.41, 5.74) is 0.0716. The highest BCUT2D eigenvalue weighted by Crippen LogP contribution is 2.25. The summed E-state index contributed by atoms with van der Waals surface area (Å²) in [5, 5.41) is 0. The Balaban J connectivity index is 1.92. The molecule has 0 aliphatic carbocycles. The Morgan fingerprint density at radius 2 is 1.77 bits per heavy atom. The van der Waals surface area contributed by atoms with Gasteiger partial charge in [-0.25, -0.2) is 22.3 Å². The molecular weight excluding hydrogens is 417 g/mol. The van der Waals surface area contributed by atoms with Crippen LogP contribution in [-0.4, -0.2) is 55.0 Å². The summed E-state index contributed by atoms with van der Waals surface area (Å²) in [6, 6.07) is 9.58. The number of hydrogen-bond acceptors (Lipinski definition) is 7. The summed E-state index contributed by atoms with van der Waals surface area (Å²) in [5.74, 6) is -0.420. The second-order valence-corrected chi connectivity index (χ2v) is 7.78. The molecule has 0 aromatic heterocycles. The Morgan fingerprint density at radius 3 is 2.43 bits per heavy atom. The van der Waals surface area contributed by atoms with Crippen LogP contribution < -0.4 is 14.2 Å². The molecule has 0 radical (unpaired) electrons. The standard InChI is InChI=1S/C20H24FNO7S/c1-26-13-10-22-30(24,25)19-14-15(4-9-18(19)27-2)20(23)29-12-3-11-28-17-7-5-16(21)6-8-17/h4-9,14,22H,3,10-13H2,1-2H3. The molecule has 0 unspecified atom stereocenters. The number of rotatable bonds is 12. The van der Waals surface area contributed by atoms with Crippen LogP contribution in [0.2, 0.25) is 0 Å². The molecule has 1 N–H and O–H groups in total. The monoisotopic (exact) mass is 441 g/mol. The summed E-state index contributed by atoms with van der Waals surface area (Å²) in [7, 11) is -1.11. The van der Waals surface area contributed by atoms with E-state index >= 15 is 0 Å². The van der Waals surface area contributed by atoms with Gasteiger partial charge in [-0.05, 0) is 42.5 Å². The van der Waals surface area contributed by atoms with Crippen molar-refractivity contribution < 1.29 is 36.6 Å². The van der Waals surface area contributed by atoms with Gasteiger partial charge in [-0.3, -0.25) is 0 Å². The van der Waals surface area contributed by atoms with Crippen LogP contribution >= 0.6 is 0 Å². The number of ether oxygens (including phenoxy) is 4. The van der Waals surface area contributed by atoms with Crippen molar-refractivity contribution in [2.75, 3.05) is 40.6 Å². The minimum Gasteiger partial charge on any atom is -0.495 e. The summed E-state index contributed by atoms with van der Waals surface area (Å²) < 4.78 is 60.7. The van der Waals surface area contributed by atoms with Gasteiger partial charge < -0.3 is 18.9 Å². The van der Waals surface area contributed by atoms with E-state index in [-0.39, 0.29) is 48.4 Å². The van der Waals surface area contributed by atoms with E-state index in [1.54, 1.807) is 0 Å². The Hall–Kier alpha value is -2.69. The van der Waals surface area contributed by atoms with Crippen molar-refractivity contribution in [1.82, 2.24) is 4.72 Å². The first-order valence-corrected chi connectivity index (χ1v) is 10.6. The predicted molar refractivity (Wildman–Crippen MR) is 107 cm³/mol. The van der Waals surface area contributed by atoms with Gasteiger partial charge in [0, 0.05) is 20.1 Å². The quantitative estimate of drug-likeness (QED) is 0.399. The van der Waals surface area contributed by atoms with Crippen LogP contribution in [0.25, 0.3) is 0 Å². The molecule has 0 heterocycles. The minimum atomic E-state index is -3.90. The van der Waals surface area contributed by atoms with E-state index in [0.29, 0.717) is 12.2 Å². The molecule has 2 aromatic carbocycles.